The second-order valence-electron chi connectivity index (χ2n) is 5.36. The molecular weight excluding hydrogens is 338 g/mol. The molecule has 1 unspecified atom stereocenters. The first kappa shape index (κ1) is 14.9. The van der Waals surface area contributed by atoms with Gasteiger partial charge in [-0.15, -0.1) is 0 Å². The van der Waals surface area contributed by atoms with Gasteiger partial charge in [-0.2, -0.15) is 0 Å². The van der Waals surface area contributed by atoms with Crippen LogP contribution < -0.4 is 10.0 Å². The third kappa shape index (κ3) is 2.18. The standard InChI is InChI=1S/C10H12BrN3O6/c11-7-1-2-9(13(17)18)4-10(7,14(19)20)6-12(5-9)3-8(15)16/h1H,2-6H2,(H,15,16)/t9-,10-/m1/s1. The van der Waals surface area contributed by atoms with E-state index in [1.54, 1.807) is 0 Å². The Kier molecular flexibility index (Phi) is 3.54. The average Bonchev–Trinajstić information content (AvgIpc) is 2.33. The third-order valence-corrected chi connectivity index (χ3v) is 5.04. The van der Waals surface area contributed by atoms with Gasteiger partial charge < -0.3 is 14.8 Å². The van der Waals surface area contributed by atoms with Crippen molar-refractivity contribution in [1.82, 2.24) is 0 Å². The van der Waals surface area contributed by atoms with E-state index in [1.807, 2.05) is 0 Å². The van der Waals surface area contributed by atoms with Crippen LogP contribution >= 0.6 is 15.9 Å². The first-order chi connectivity index (χ1) is 9.22. The number of hydrogen-bond donors (Lipinski definition) is 1. The van der Waals surface area contributed by atoms with E-state index in [2.05, 4.69) is 15.9 Å². The van der Waals surface area contributed by atoms with Crippen LogP contribution in [0.2, 0.25) is 0 Å². The van der Waals surface area contributed by atoms with E-state index >= 15 is 0 Å². The number of likely N-dealkylation sites (tertiary alicyclic amines) is 1. The Morgan fingerprint density at radius 1 is 1.35 bits per heavy atom. The summed E-state index contributed by atoms with van der Waals surface area (Å²) in [5, 5.41) is 33.5. The number of carboxylic acid groups (broad SMARTS) is 1. The summed E-state index contributed by atoms with van der Waals surface area (Å²) in [4.78, 5) is 32.7. The normalized spacial score (nSPS) is 36.0. The maximum Gasteiger partial charge on any atom is 0.307 e. The summed E-state index contributed by atoms with van der Waals surface area (Å²) >= 11 is 3.12. The second-order valence-corrected chi connectivity index (χ2v) is 6.21. The van der Waals surface area contributed by atoms with Crippen molar-refractivity contribution < 1.29 is 24.6 Å². The molecule has 1 heterocycles. The summed E-state index contributed by atoms with van der Waals surface area (Å²) in [6.07, 6.45) is 1.28. The van der Waals surface area contributed by atoms with E-state index in [0.29, 0.717) is 0 Å². The Balaban J connectivity index is 2.47. The molecule has 9 nitrogen and oxygen atoms in total. The highest BCUT2D eigenvalue weighted by molar-refractivity contribution is 9.11. The number of rotatable bonds is 4. The van der Waals surface area contributed by atoms with Gasteiger partial charge in [-0.25, -0.2) is 0 Å². The van der Waals surface area contributed by atoms with Crippen molar-refractivity contribution in [3.63, 3.8) is 0 Å². The molecule has 1 fully saturated rings. The largest absolute Gasteiger partial charge is 0.544 e. The molecular formula is C10H12BrN3O6. The molecule has 10 heteroatoms. The van der Waals surface area contributed by atoms with Crippen LogP contribution in [0.1, 0.15) is 12.8 Å². The number of halogens is 1. The molecule has 1 aliphatic carbocycles. The maximum absolute atomic E-state index is 11.4. The third-order valence-electron chi connectivity index (χ3n) is 3.98. The van der Waals surface area contributed by atoms with Gasteiger partial charge in [0.2, 0.25) is 0 Å². The van der Waals surface area contributed by atoms with Crippen LogP contribution in [0.5, 0.6) is 0 Å². The fourth-order valence-electron chi connectivity index (χ4n) is 3.14. The summed E-state index contributed by atoms with van der Waals surface area (Å²) < 4.78 is 0.281. The summed E-state index contributed by atoms with van der Waals surface area (Å²) in [5.74, 6) is -1.38. The van der Waals surface area contributed by atoms with Crippen molar-refractivity contribution in [2.75, 3.05) is 19.6 Å². The molecule has 0 amide bonds. The molecule has 0 saturated carbocycles. The van der Waals surface area contributed by atoms with Crippen molar-refractivity contribution in [2.24, 2.45) is 0 Å². The molecule has 20 heavy (non-hydrogen) atoms. The van der Waals surface area contributed by atoms with Crippen LogP contribution in [0.3, 0.4) is 0 Å². The molecule has 1 saturated heterocycles. The average molecular weight is 350 g/mol. The monoisotopic (exact) mass is 349 g/mol. The Hall–Kier alpha value is -1.55. The summed E-state index contributed by atoms with van der Waals surface area (Å²) in [7, 11) is 0. The van der Waals surface area contributed by atoms with Gasteiger partial charge in [-0.3, -0.25) is 20.2 Å². The molecule has 0 aromatic rings. The smallest absolute Gasteiger partial charge is 0.307 e. The number of aliphatic carboxylic acids is 1. The van der Waals surface area contributed by atoms with Crippen LogP contribution in [0.15, 0.2) is 10.6 Å². The number of hydrogen-bond acceptors (Lipinski definition) is 6. The van der Waals surface area contributed by atoms with Gasteiger partial charge in [0, 0.05) is 16.3 Å². The van der Waals surface area contributed by atoms with Crippen LogP contribution in [0.4, 0.5) is 0 Å². The zero-order chi connectivity index (χ0) is 15.1. The van der Waals surface area contributed by atoms with Gasteiger partial charge >= 0.3 is 5.54 Å². The van der Waals surface area contributed by atoms with E-state index in [-0.39, 0.29) is 35.3 Å². The SMILES string of the molecule is O=C([O-])C[NH+]1C[C@@]2([N+](=O)[O-])CC=C(Br)[C@]([N+](=O)[O-])(C1)C2. The Morgan fingerprint density at radius 2 is 2.00 bits per heavy atom. The van der Waals surface area contributed by atoms with Crippen molar-refractivity contribution >= 4 is 21.9 Å². The fourth-order valence-corrected chi connectivity index (χ4v) is 3.73. The van der Waals surface area contributed by atoms with Gasteiger partial charge in [-0.05, 0) is 15.9 Å². The summed E-state index contributed by atoms with van der Waals surface area (Å²) in [6.45, 7) is -0.646. The number of carbonyl (C=O) groups is 1. The number of carbonyl (C=O) groups excluding carboxylic acids is 1. The lowest BCUT2D eigenvalue weighted by Gasteiger charge is -2.42. The van der Waals surface area contributed by atoms with Crippen LogP contribution in [-0.2, 0) is 4.79 Å². The highest BCUT2D eigenvalue weighted by Gasteiger charge is 2.67. The predicted molar refractivity (Wildman–Crippen MR) is 66.3 cm³/mol. The zero-order valence-corrected chi connectivity index (χ0v) is 11.9. The van der Waals surface area contributed by atoms with Crippen molar-refractivity contribution in [1.29, 1.82) is 0 Å². The topological polar surface area (TPSA) is 131 Å². The molecule has 0 aromatic carbocycles. The Labute approximate surface area is 121 Å². The summed E-state index contributed by atoms with van der Waals surface area (Å²) in [5.41, 5.74) is -3.12. The molecule has 0 aromatic heterocycles. The van der Waals surface area contributed by atoms with Crippen molar-refractivity contribution in [3.8, 4) is 0 Å². The maximum atomic E-state index is 11.4. The molecule has 2 aliphatic rings. The number of nitro groups is 2. The predicted octanol–water partition coefficient (Wildman–Crippen LogP) is -2.26. The molecule has 0 spiro atoms. The lowest BCUT2D eigenvalue weighted by Crippen LogP contribution is -3.19. The van der Waals surface area contributed by atoms with Crippen molar-refractivity contribution in [2.45, 2.75) is 23.9 Å². The van der Waals surface area contributed by atoms with E-state index in [4.69, 9.17) is 0 Å². The molecule has 1 N–H and O–H groups in total. The van der Waals surface area contributed by atoms with Crippen LogP contribution in [0.25, 0.3) is 0 Å². The Bertz CT molecular complexity index is 523. The molecule has 3 atom stereocenters. The summed E-state index contributed by atoms with van der Waals surface area (Å²) in [6, 6.07) is 0. The minimum atomic E-state index is -1.63. The number of quaternary nitrogens is 1. The first-order valence-corrected chi connectivity index (χ1v) is 6.70. The van der Waals surface area contributed by atoms with E-state index < -0.39 is 33.4 Å². The molecule has 0 radical (unpaired) electrons. The van der Waals surface area contributed by atoms with Gasteiger partial charge in [-0.1, -0.05) is 6.08 Å². The quantitative estimate of drug-likeness (QED) is 0.450. The lowest BCUT2D eigenvalue weighted by atomic mass is 9.72. The number of carboxylic acids is 1. The lowest BCUT2D eigenvalue weighted by molar-refractivity contribution is -0.938. The van der Waals surface area contributed by atoms with E-state index in [9.17, 15) is 30.1 Å². The Morgan fingerprint density at radius 3 is 2.50 bits per heavy atom. The highest BCUT2D eigenvalue weighted by atomic mass is 79.9. The first-order valence-electron chi connectivity index (χ1n) is 5.90. The van der Waals surface area contributed by atoms with Gasteiger partial charge in [0.25, 0.3) is 5.54 Å². The molecule has 2 rings (SSSR count). The minimum absolute atomic E-state index is 0.0483. The number of nitrogens with zero attached hydrogens (tertiary/aromatic N) is 2. The van der Waals surface area contributed by atoms with E-state index in [1.165, 1.54) is 6.08 Å². The van der Waals surface area contributed by atoms with Crippen LogP contribution in [-0.4, -0.2) is 46.5 Å². The van der Waals surface area contributed by atoms with Crippen molar-refractivity contribution in [3.05, 3.63) is 30.8 Å². The minimum Gasteiger partial charge on any atom is -0.544 e. The number of fused-ring (bicyclic) bond motifs is 2. The highest BCUT2D eigenvalue weighted by Crippen LogP contribution is 2.42. The van der Waals surface area contributed by atoms with E-state index in [0.717, 1.165) is 0 Å². The van der Waals surface area contributed by atoms with Gasteiger partial charge in [0.15, 0.2) is 6.54 Å². The number of nitrogens with one attached hydrogen (secondary N) is 1. The molecule has 1 aliphatic heterocycles. The van der Waals surface area contributed by atoms with Crippen LogP contribution in [0, 0.1) is 20.2 Å². The molecule has 2 bridgehead atoms. The zero-order valence-electron chi connectivity index (χ0n) is 10.3. The van der Waals surface area contributed by atoms with Gasteiger partial charge in [0.1, 0.15) is 19.5 Å². The molecule has 110 valence electrons. The van der Waals surface area contributed by atoms with Gasteiger partial charge in [0.05, 0.1) is 10.5 Å². The second kappa shape index (κ2) is 4.77. The fraction of sp³-hybridized carbons (Fsp3) is 0.700. The number of piperidine rings is 1.